The van der Waals surface area contributed by atoms with Gasteiger partial charge >= 0.3 is 0 Å². The van der Waals surface area contributed by atoms with Crippen LogP contribution < -0.4 is 18.9 Å². The smallest absolute Gasteiger partial charge is 0.240 e. The summed E-state index contributed by atoms with van der Waals surface area (Å²) in [6, 6.07) is 28.0. The van der Waals surface area contributed by atoms with Crippen LogP contribution in [-0.2, 0) is 24.8 Å². The van der Waals surface area contributed by atoms with Crippen LogP contribution in [0.4, 0.5) is 0 Å². The van der Waals surface area contributed by atoms with Crippen LogP contribution in [0.3, 0.4) is 0 Å². The number of ether oxygens (including phenoxy) is 2. The molecule has 13 heteroatoms. The Bertz CT molecular complexity index is 1750. The van der Waals surface area contributed by atoms with Crippen LogP contribution >= 0.6 is 31.9 Å². The number of ketones is 1. The van der Waals surface area contributed by atoms with E-state index >= 15 is 0 Å². The van der Waals surface area contributed by atoms with Crippen molar-refractivity contribution in [3.8, 4) is 11.5 Å². The number of Topliss-reactive ketones (excluding diaryl/α,β-unsaturated/α-hetero) is 1. The number of hydrogen-bond acceptors (Lipinski definition) is 7. The Morgan fingerprint density at radius 2 is 0.900 bits per heavy atom. The van der Waals surface area contributed by atoms with Crippen molar-refractivity contribution in [1.29, 1.82) is 0 Å². The van der Waals surface area contributed by atoms with E-state index in [2.05, 4.69) is 41.3 Å². The number of nitrogens with one attached hydrogen (secondary N) is 2. The molecular formula is C37H42Br2N2O7S2. The van der Waals surface area contributed by atoms with Crippen LogP contribution in [0.5, 0.6) is 11.5 Å². The van der Waals surface area contributed by atoms with Gasteiger partial charge in [-0.25, -0.2) is 26.3 Å². The Kier molecular flexibility index (Phi) is 15.1. The molecule has 268 valence electrons. The molecule has 4 aromatic rings. The monoisotopic (exact) mass is 848 g/mol. The van der Waals surface area contributed by atoms with Gasteiger partial charge in [-0.2, -0.15) is 0 Å². The van der Waals surface area contributed by atoms with Crippen molar-refractivity contribution >= 4 is 57.7 Å². The summed E-state index contributed by atoms with van der Waals surface area (Å²) < 4.78 is 68.1. The molecular weight excluding hydrogens is 808 g/mol. The zero-order chi connectivity index (χ0) is 36.1. The number of rotatable bonds is 20. The third kappa shape index (κ3) is 12.0. The molecule has 0 heterocycles. The van der Waals surface area contributed by atoms with E-state index < -0.39 is 20.0 Å². The van der Waals surface area contributed by atoms with Crippen LogP contribution in [0.15, 0.2) is 116 Å². The molecule has 0 fully saturated rings. The van der Waals surface area contributed by atoms with Gasteiger partial charge in [-0.05, 0) is 110 Å². The molecule has 0 saturated carbocycles. The van der Waals surface area contributed by atoms with Crippen molar-refractivity contribution in [2.45, 2.75) is 61.2 Å². The fraction of sp³-hybridized carbons (Fsp3) is 0.324. The lowest BCUT2D eigenvalue weighted by molar-refractivity contribution is -0.121. The second-order valence-corrected chi connectivity index (χ2v) is 17.2. The van der Waals surface area contributed by atoms with Gasteiger partial charge in [0.15, 0.2) is 0 Å². The third-order valence-corrected chi connectivity index (χ3v) is 12.1. The second kappa shape index (κ2) is 19.0. The lowest BCUT2D eigenvalue weighted by Gasteiger charge is -2.18. The maximum Gasteiger partial charge on any atom is 0.240 e. The molecule has 0 aliphatic rings. The van der Waals surface area contributed by atoms with E-state index in [1.807, 2.05) is 62.4 Å². The number of carbonyl (C=O) groups is 1. The molecule has 2 N–H and O–H groups in total. The minimum absolute atomic E-state index is 0.100. The predicted molar refractivity (Wildman–Crippen MR) is 203 cm³/mol. The molecule has 0 radical (unpaired) electrons. The van der Waals surface area contributed by atoms with Crippen molar-refractivity contribution in [2.24, 2.45) is 0 Å². The van der Waals surface area contributed by atoms with Crippen LogP contribution in [-0.4, -0.2) is 48.9 Å². The third-order valence-electron chi connectivity index (χ3n) is 8.13. The number of unbranched alkanes of at least 4 members (excludes halogenated alkanes) is 2. The van der Waals surface area contributed by atoms with E-state index in [-0.39, 0.29) is 27.4 Å². The van der Waals surface area contributed by atoms with E-state index in [1.165, 1.54) is 0 Å². The number of sulfonamides is 2. The van der Waals surface area contributed by atoms with E-state index in [4.69, 9.17) is 9.47 Å². The summed E-state index contributed by atoms with van der Waals surface area (Å²) in [6.45, 7) is 5.33. The van der Waals surface area contributed by atoms with E-state index in [0.29, 0.717) is 63.5 Å². The minimum Gasteiger partial charge on any atom is -0.494 e. The Morgan fingerprint density at radius 1 is 0.560 bits per heavy atom. The topological polar surface area (TPSA) is 128 Å². The normalized spacial score (nSPS) is 13.0. The van der Waals surface area contributed by atoms with Crippen molar-refractivity contribution in [2.75, 3.05) is 26.3 Å². The largest absolute Gasteiger partial charge is 0.494 e. The molecule has 2 unspecified atom stereocenters. The first kappa shape index (κ1) is 39.7. The molecule has 9 nitrogen and oxygen atoms in total. The van der Waals surface area contributed by atoms with Gasteiger partial charge in [0, 0.05) is 33.9 Å². The highest BCUT2D eigenvalue weighted by Crippen LogP contribution is 2.28. The Balaban J connectivity index is 1.13. The first-order chi connectivity index (χ1) is 23.9. The summed E-state index contributed by atoms with van der Waals surface area (Å²) in [7, 11) is -7.08. The first-order valence-electron chi connectivity index (χ1n) is 16.4. The molecule has 4 rings (SSSR count). The number of benzene rings is 4. The average Bonchev–Trinajstić information content (AvgIpc) is 3.11. The maximum absolute atomic E-state index is 13.3. The van der Waals surface area contributed by atoms with Gasteiger partial charge in [0.1, 0.15) is 17.3 Å². The SMILES string of the molecule is CC(C(=O)C(C)c1ccc(OCCCCNS(=O)(=O)c2ccc(Br)cc2)cc1)c1ccc(OCCCCNS(=O)(=O)c2ccc(Br)cc2)cc1. The molecule has 50 heavy (non-hydrogen) atoms. The quantitative estimate of drug-likeness (QED) is 0.0865. The first-order valence-corrected chi connectivity index (χ1v) is 20.9. The fourth-order valence-corrected chi connectivity index (χ4v) is 7.73. The minimum atomic E-state index is -3.54. The van der Waals surface area contributed by atoms with Crippen molar-refractivity contribution in [1.82, 2.24) is 9.44 Å². The molecule has 0 amide bonds. The summed E-state index contributed by atoms with van der Waals surface area (Å²) in [4.78, 5) is 13.8. The van der Waals surface area contributed by atoms with Gasteiger partial charge in [-0.1, -0.05) is 70.0 Å². The Hall–Kier alpha value is -3.07. The Labute approximate surface area is 312 Å². The summed E-state index contributed by atoms with van der Waals surface area (Å²) >= 11 is 6.61. The molecule has 0 spiro atoms. The number of halogens is 2. The van der Waals surface area contributed by atoms with Gasteiger partial charge < -0.3 is 9.47 Å². The Morgan fingerprint density at radius 3 is 1.24 bits per heavy atom. The van der Waals surface area contributed by atoms with Gasteiger partial charge in [0.05, 0.1) is 23.0 Å². The zero-order valence-corrected chi connectivity index (χ0v) is 32.8. The number of hydrogen-bond donors (Lipinski definition) is 2. The van der Waals surface area contributed by atoms with Crippen molar-refractivity contribution < 1.29 is 31.1 Å². The van der Waals surface area contributed by atoms with Gasteiger partial charge in [0.25, 0.3) is 0 Å². The summed E-state index contributed by atoms with van der Waals surface area (Å²) in [5, 5.41) is 0. The molecule has 0 bridgehead atoms. The van der Waals surface area contributed by atoms with Crippen LogP contribution in [0.25, 0.3) is 0 Å². The van der Waals surface area contributed by atoms with Crippen molar-refractivity contribution in [3.05, 3.63) is 117 Å². The molecule has 4 aromatic carbocycles. The molecule has 0 saturated heterocycles. The van der Waals surface area contributed by atoms with E-state index in [0.717, 1.165) is 20.1 Å². The van der Waals surface area contributed by atoms with Gasteiger partial charge in [-0.3, -0.25) is 4.79 Å². The fourth-order valence-electron chi connectivity index (χ4n) is 5.05. The molecule has 0 aromatic heterocycles. The van der Waals surface area contributed by atoms with Crippen molar-refractivity contribution in [3.63, 3.8) is 0 Å². The van der Waals surface area contributed by atoms with E-state index in [1.54, 1.807) is 48.5 Å². The predicted octanol–water partition coefficient (Wildman–Crippen LogP) is 7.96. The lowest BCUT2D eigenvalue weighted by Crippen LogP contribution is -2.25. The highest BCUT2D eigenvalue weighted by atomic mass is 79.9. The molecule has 2 atom stereocenters. The number of carbonyl (C=O) groups excluding carboxylic acids is 1. The standard InChI is InChI=1S/C37H42Br2N2O7S2/c1-27(29-7-15-33(16-8-29)47-25-5-3-23-40-49(43,44)35-19-11-31(38)12-20-35)37(42)28(2)30-9-17-34(18-10-30)48-26-6-4-24-41-50(45,46)36-21-13-32(39)14-22-36/h7-22,27-28,40-41H,3-6,23-26H2,1-2H3. The molecule has 0 aliphatic heterocycles. The maximum atomic E-state index is 13.3. The summed E-state index contributed by atoms with van der Waals surface area (Å²) in [5.41, 5.74) is 1.80. The van der Waals surface area contributed by atoms with E-state index in [9.17, 15) is 21.6 Å². The van der Waals surface area contributed by atoms with Crippen LogP contribution in [0.2, 0.25) is 0 Å². The zero-order valence-electron chi connectivity index (χ0n) is 28.0. The highest BCUT2D eigenvalue weighted by molar-refractivity contribution is 9.10. The summed E-state index contributed by atoms with van der Waals surface area (Å²) in [5.74, 6) is 0.859. The highest BCUT2D eigenvalue weighted by Gasteiger charge is 2.23. The van der Waals surface area contributed by atoms with Gasteiger partial charge in [0.2, 0.25) is 20.0 Å². The lowest BCUT2D eigenvalue weighted by atomic mass is 9.86. The molecule has 0 aliphatic carbocycles. The van der Waals surface area contributed by atoms with Crippen LogP contribution in [0.1, 0.15) is 62.5 Å². The van der Waals surface area contributed by atoms with Gasteiger partial charge in [-0.15, -0.1) is 0 Å². The van der Waals surface area contributed by atoms with Crippen LogP contribution in [0, 0.1) is 0 Å². The summed E-state index contributed by atoms with van der Waals surface area (Å²) in [6.07, 6.45) is 2.62. The average molecular weight is 851 g/mol. The second-order valence-electron chi connectivity index (χ2n) is 11.8.